The first-order valence-electron chi connectivity index (χ1n) is 9.59. The van der Waals surface area contributed by atoms with Crippen LogP contribution in [-0.2, 0) is 23.8 Å². The number of halogens is 2. The number of benzene rings is 2. The first-order valence-corrected chi connectivity index (χ1v) is 10.3. The minimum Gasteiger partial charge on any atom is -0.461 e. The molecule has 0 aliphatic rings. The zero-order chi connectivity index (χ0) is 23.0. The van der Waals surface area contributed by atoms with Crippen LogP contribution in [0.5, 0.6) is 11.5 Å². The molecule has 168 valence electrons. The summed E-state index contributed by atoms with van der Waals surface area (Å²) in [5.74, 6) is -1.01. The maximum absolute atomic E-state index is 12.5. The van der Waals surface area contributed by atoms with E-state index in [0.29, 0.717) is 32.7 Å². The average molecular weight is 471 g/mol. The lowest BCUT2D eigenvalue weighted by Gasteiger charge is -2.24. The highest BCUT2D eigenvalue weighted by Crippen LogP contribution is 2.26. The summed E-state index contributed by atoms with van der Waals surface area (Å²) in [6.45, 7) is 6.95. The van der Waals surface area contributed by atoms with Gasteiger partial charge in [-0.25, -0.2) is 9.59 Å². The first kappa shape index (κ1) is 24.8. The summed E-state index contributed by atoms with van der Waals surface area (Å²) in [5.41, 5.74) is 1.32. The van der Waals surface area contributed by atoms with Crippen molar-refractivity contribution in [2.75, 3.05) is 13.2 Å². The molecule has 2 aromatic carbocycles. The Labute approximate surface area is 191 Å². The summed E-state index contributed by atoms with van der Waals surface area (Å²) in [5, 5.41) is 1.01. The molecule has 0 aliphatic carbocycles. The van der Waals surface area contributed by atoms with Gasteiger partial charge in [0, 0.05) is 10.0 Å². The topological polar surface area (TPSA) is 80.3 Å². The van der Waals surface area contributed by atoms with Crippen molar-refractivity contribution in [3.8, 4) is 11.5 Å². The van der Waals surface area contributed by atoms with E-state index in [1.54, 1.807) is 64.1 Å². The van der Waals surface area contributed by atoms with Gasteiger partial charge in [-0.05, 0) is 75.2 Å². The van der Waals surface area contributed by atoms with Crippen LogP contribution >= 0.6 is 23.2 Å². The van der Waals surface area contributed by atoms with Crippen LogP contribution in [0.25, 0.3) is 0 Å². The van der Waals surface area contributed by atoms with E-state index < -0.39 is 24.5 Å². The number of esters is 2. The van der Waals surface area contributed by atoms with Crippen molar-refractivity contribution in [1.29, 1.82) is 0 Å². The van der Waals surface area contributed by atoms with Crippen molar-refractivity contribution in [2.24, 2.45) is 0 Å². The highest BCUT2D eigenvalue weighted by atomic mass is 35.5. The van der Waals surface area contributed by atoms with Gasteiger partial charge >= 0.3 is 24.5 Å². The molecule has 0 bridgehead atoms. The average Bonchev–Trinajstić information content (AvgIpc) is 2.70. The standard InChI is InChI=1S/C22H24Cl2O7/c1-5-27-19(25)21(29-17-9-7-15(23)11-13(17)3)31-22(20(26)28-6-2)30-18-10-8-16(24)12-14(18)4/h7-12,21-22H,5-6H2,1-4H3. The van der Waals surface area contributed by atoms with Crippen molar-refractivity contribution in [2.45, 2.75) is 40.3 Å². The third-order valence-electron chi connectivity index (χ3n) is 3.95. The van der Waals surface area contributed by atoms with Gasteiger partial charge in [-0.2, -0.15) is 0 Å². The molecule has 7 nitrogen and oxygen atoms in total. The van der Waals surface area contributed by atoms with E-state index in [1.165, 1.54) is 0 Å². The second-order valence-corrected chi connectivity index (χ2v) is 7.23. The number of hydrogen-bond donors (Lipinski definition) is 0. The van der Waals surface area contributed by atoms with Crippen molar-refractivity contribution < 1.29 is 33.3 Å². The van der Waals surface area contributed by atoms with Crippen LogP contribution in [0.1, 0.15) is 25.0 Å². The number of carbonyl (C=O) groups is 2. The lowest BCUT2D eigenvalue weighted by molar-refractivity contribution is -0.220. The van der Waals surface area contributed by atoms with E-state index in [4.69, 9.17) is 46.9 Å². The second-order valence-electron chi connectivity index (χ2n) is 6.36. The molecule has 2 aromatic rings. The van der Waals surface area contributed by atoms with Crippen LogP contribution in [-0.4, -0.2) is 37.7 Å². The second kappa shape index (κ2) is 11.8. The van der Waals surface area contributed by atoms with Crippen molar-refractivity contribution in [3.63, 3.8) is 0 Å². The molecule has 0 amide bonds. The van der Waals surface area contributed by atoms with Gasteiger partial charge in [0.2, 0.25) is 0 Å². The molecule has 2 rings (SSSR count). The minimum atomic E-state index is -1.60. The Morgan fingerprint density at radius 3 is 1.48 bits per heavy atom. The van der Waals surface area contributed by atoms with Crippen LogP contribution < -0.4 is 9.47 Å². The largest absolute Gasteiger partial charge is 0.461 e. The summed E-state index contributed by atoms with van der Waals surface area (Å²) in [6, 6.07) is 9.68. The first-order chi connectivity index (χ1) is 14.7. The van der Waals surface area contributed by atoms with Crippen molar-refractivity contribution >= 4 is 35.1 Å². The Morgan fingerprint density at radius 2 is 1.16 bits per heavy atom. The molecule has 0 aliphatic heterocycles. The van der Waals surface area contributed by atoms with Gasteiger partial charge in [-0.15, -0.1) is 0 Å². The van der Waals surface area contributed by atoms with Gasteiger partial charge in [-0.3, -0.25) is 4.74 Å². The van der Waals surface area contributed by atoms with E-state index in [2.05, 4.69) is 0 Å². The molecule has 9 heteroatoms. The van der Waals surface area contributed by atoms with Gasteiger partial charge in [0.15, 0.2) is 0 Å². The highest BCUT2D eigenvalue weighted by molar-refractivity contribution is 6.31. The van der Waals surface area contributed by atoms with Crippen LogP contribution in [0.4, 0.5) is 0 Å². The van der Waals surface area contributed by atoms with Crippen LogP contribution in [0.3, 0.4) is 0 Å². The Morgan fingerprint density at radius 1 is 0.774 bits per heavy atom. The summed E-state index contributed by atoms with van der Waals surface area (Å²) >= 11 is 11.9. The quantitative estimate of drug-likeness (QED) is 0.362. The number of ether oxygens (including phenoxy) is 5. The van der Waals surface area contributed by atoms with Crippen molar-refractivity contribution in [1.82, 2.24) is 0 Å². The third kappa shape index (κ3) is 7.31. The molecule has 2 unspecified atom stereocenters. The van der Waals surface area contributed by atoms with E-state index in [0.717, 1.165) is 0 Å². The van der Waals surface area contributed by atoms with E-state index in [1.807, 2.05) is 0 Å². The molecule has 31 heavy (non-hydrogen) atoms. The molecular weight excluding hydrogens is 447 g/mol. The van der Waals surface area contributed by atoms with Crippen LogP contribution in [0.15, 0.2) is 36.4 Å². The SMILES string of the molecule is CCOC(=O)C(Oc1ccc(Cl)cc1C)OC(Oc1ccc(Cl)cc1C)C(=O)OCC. The fourth-order valence-corrected chi connectivity index (χ4v) is 2.97. The monoisotopic (exact) mass is 470 g/mol. The molecular formula is C22H24Cl2O7. The zero-order valence-corrected chi connectivity index (χ0v) is 19.2. The summed E-state index contributed by atoms with van der Waals surface area (Å²) in [6.07, 6.45) is -3.19. The Balaban J connectivity index is 2.31. The van der Waals surface area contributed by atoms with Gasteiger partial charge in [0.05, 0.1) is 13.2 Å². The molecule has 0 saturated heterocycles. The molecule has 0 N–H and O–H groups in total. The lowest BCUT2D eigenvalue weighted by Crippen LogP contribution is -2.42. The van der Waals surface area contributed by atoms with E-state index in [9.17, 15) is 9.59 Å². The smallest absolute Gasteiger partial charge is 0.376 e. The molecule has 2 atom stereocenters. The normalized spacial score (nSPS) is 12.6. The Hall–Kier alpha value is -2.48. The number of carbonyl (C=O) groups excluding carboxylic acids is 2. The summed E-state index contributed by atoms with van der Waals surface area (Å²) in [4.78, 5) is 25.0. The summed E-state index contributed by atoms with van der Waals surface area (Å²) in [7, 11) is 0. The lowest BCUT2D eigenvalue weighted by atomic mass is 10.2. The van der Waals surface area contributed by atoms with Crippen LogP contribution in [0, 0.1) is 13.8 Å². The van der Waals surface area contributed by atoms with Crippen LogP contribution in [0.2, 0.25) is 10.0 Å². The van der Waals surface area contributed by atoms with E-state index in [-0.39, 0.29) is 13.2 Å². The third-order valence-corrected chi connectivity index (χ3v) is 4.42. The molecule has 0 fully saturated rings. The Kier molecular flexibility index (Phi) is 9.43. The maximum Gasteiger partial charge on any atom is 0.376 e. The summed E-state index contributed by atoms with van der Waals surface area (Å²) < 4.78 is 27.1. The number of rotatable bonds is 10. The molecule has 0 aromatic heterocycles. The predicted molar refractivity (Wildman–Crippen MR) is 116 cm³/mol. The van der Waals surface area contributed by atoms with Gasteiger partial charge < -0.3 is 18.9 Å². The highest BCUT2D eigenvalue weighted by Gasteiger charge is 2.33. The number of hydrogen-bond acceptors (Lipinski definition) is 7. The number of aryl methyl sites for hydroxylation is 2. The minimum absolute atomic E-state index is 0.0862. The fourth-order valence-electron chi connectivity index (χ4n) is 2.52. The van der Waals surface area contributed by atoms with Gasteiger partial charge in [-0.1, -0.05) is 23.2 Å². The Bertz CT molecular complexity index is 843. The van der Waals surface area contributed by atoms with Gasteiger partial charge in [0.25, 0.3) is 0 Å². The molecule has 0 saturated carbocycles. The predicted octanol–water partition coefficient (Wildman–Crippen LogP) is 4.86. The zero-order valence-electron chi connectivity index (χ0n) is 17.6. The molecule has 0 radical (unpaired) electrons. The van der Waals surface area contributed by atoms with E-state index >= 15 is 0 Å². The molecule has 0 heterocycles. The fraction of sp³-hybridized carbons (Fsp3) is 0.364. The maximum atomic E-state index is 12.5. The van der Waals surface area contributed by atoms with Gasteiger partial charge in [0.1, 0.15) is 11.5 Å². The molecule has 0 spiro atoms. The van der Waals surface area contributed by atoms with Crippen molar-refractivity contribution in [3.05, 3.63) is 57.6 Å².